The Kier molecular flexibility index (Phi) is 9.28. The molecule has 0 saturated carbocycles. The maximum absolute atomic E-state index is 6.54. The first-order valence-corrected chi connectivity index (χ1v) is 19.0. The van der Waals surface area contributed by atoms with Crippen molar-refractivity contribution in [2.45, 2.75) is 6.92 Å². The van der Waals surface area contributed by atoms with Crippen molar-refractivity contribution in [1.82, 2.24) is 9.66 Å². The van der Waals surface area contributed by atoms with Gasteiger partial charge in [-0.2, -0.15) is 0 Å². The van der Waals surface area contributed by atoms with Crippen LogP contribution in [0.25, 0.3) is 72.1 Å². The van der Waals surface area contributed by atoms with E-state index in [1.807, 2.05) is 49.5 Å². The van der Waals surface area contributed by atoms with Crippen LogP contribution in [-0.4, -0.2) is 9.66 Å². The number of nitrogens with two attached hydrogens (primary N) is 1. The van der Waals surface area contributed by atoms with Gasteiger partial charge in [0.1, 0.15) is 0 Å². The molecule has 4 heteroatoms. The first kappa shape index (κ1) is 34.3. The third kappa shape index (κ3) is 6.44. The highest BCUT2D eigenvalue weighted by Gasteiger charge is 2.25. The molecule has 0 unspecified atom stereocenters. The lowest BCUT2D eigenvalue weighted by Gasteiger charge is -2.29. The summed E-state index contributed by atoms with van der Waals surface area (Å²) < 4.78 is 2.41. The summed E-state index contributed by atoms with van der Waals surface area (Å²) in [6.07, 6.45) is 7.73. The molecule has 7 aromatic carbocycles. The minimum absolute atomic E-state index is 0.713. The van der Waals surface area contributed by atoms with E-state index in [-0.39, 0.29) is 0 Å². The molecule has 4 nitrogen and oxygen atoms in total. The second-order valence-electron chi connectivity index (χ2n) is 13.8. The van der Waals surface area contributed by atoms with Gasteiger partial charge in [0.05, 0.1) is 28.1 Å². The maximum atomic E-state index is 6.54. The lowest BCUT2D eigenvalue weighted by atomic mass is 9.94. The van der Waals surface area contributed by atoms with E-state index in [4.69, 9.17) is 5.73 Å². The Hall–Kier alpha value is -7.43. The molecule has 0 saturated heterocycles. The number of benzene rings is 7. The number of rotatable bonds is 9. The van der Waals surface area contributed by atoms with Crippen molar-refractivity contribution in [3.05, 3.63) is 218 Å². The summed E-state index contributed by atoms with van der Waals surface area (Å²) in [5.41, 5.74) is 21.4. The number of hydrogen-bond donors (Lipinski definition) is 1. The summed E-state index contributed by atoms with van der Waals surface area (Å²) in [7, 11) is 0. The minimum Gasteiger partial charge on any atom is -0.398 e. The zero-order valence-corrected chi connectivity index (χ0v) is 31.1. The van der Waals surface area contributed by atoms with Crippen molar-refractivity contribution < 1.29 is 0 Å². The summed E-state index contributed by atoms with van der Waals surface area (Å²) in [5, 5.41) is 4.70. The molecule has 9 rings (SSSR count). The molecule has 0 amide bonds. The van der Waals surface area contributed by atoms with E-state index in [2.05, 4.69) is 185 Å². The fourth-order valence-corrected chi connectivity index (χ4v) is 7.63. The number of hydrogen-bond acceptors (Lipinski definition) is 3. The molecule has 0 aliphatic rings. The van der Waals surface area contributed by atoms with Crippen molar-refractivity contribution in [2.24, 2.45) is 5.73 Å². The average Bonchev–Trinajstić information content (AvgIpc) is 3.61. The highest BCUT2D eigenvalue weighted by molar-refractivity contribution is 6.20. The van der Waals surface area contributed by atoms with Crippen molar-refractivity contribution in [1.29, 1.82) is 0 Å². The predicted octanol–water partition coefficient (Wildman–Crippen LogP) is 13.3. The molecule has 0 bridgehead atoms. The van der Waals surface area contributed by atoms with Gasteiger partial charge in [-0.1, -0.05) is 152 Å². The van der Waals surface area contributed by atoms with E-state index in [0.29, 0.717) is 5.70 Å². The molecular weight excluding hydrogens is 681 g/mol. The van der Waals surface area contributed by atoms with E-state index in [1.165, 1.54) is 33.0 Å². The van der Waals surface area contributed by atoms with Crippen LogP contribution in [0.1, 0.15) is 12.5 Å². The van der Waals surface area contributed by atoms with E-state index >= 15 is 0 Å². The van der Waals surface area contributed by atoms with Crippen LogP contribution in [0.2, 0.25) is 0 Å². The quantitative estimate of drug-likeness (QED) is 0.151. The lowest BCUT2D eigenvalue weighted by molar-refractivity contribution is 0.887. The Balaban J connectivity index is 1.39. The summed E-state index contributed by atoms with van der Waals surface area (Å²) in [6, 6.07) is 66.8. The maximum Gasteiger partial charge on any atom is 0.0800 e. The van der Waals surface area contributed by atoms with Crippen LogP contribution in [0.3, 0.4) is 0 Å². The van der Waals surface area contributed by atoms with Crippen molar-refractivity contribution in [3.8, 4) is 44.6 Å². The minimum atomic E-state index is 0.713. The molecule has 0 atom stereocenters. The van der Waals surface area contributed by atoms with Gasteiger partial charge in [0.25, 0.3) is 0 Å². The zero-order chi connectivity index (χ0) is 37.8. The largest absolute Gasteiger partial charge is 0.398 e. The van der Waals surface area contributed by atoms with E-state index in [0.717, 1.165) is 50.4 Å². The molecule has 0 radical (unpaired) electrons. The molecule has 2 heterocycles. The van der Waals surface area contributed by atoms with Crippen molar-refractivity contribution in [3.63, 3.8) is 0 Å². The van der Waals surface area contributed by atoms with Crippen LogP contribution in [0.5, 0.6) is 0 Å². The van der Waals surface area contributed by atoms with E-state index in [9.17, 15) is 0 Å². The summed E-state index contributed by atoms with van der Waals surface area (Å²) in [6.45, 7) is 1.99. The standard InChI is InChI=1S/C52H40N4/c1-2-3-21-48(53)40-23-28-43(29-24-40)55(44-30-25-41(26-31-44)49-22-13-14-35-54-49)56-50-34-27-42(37-15-7-4-8-16-37)36-47(50)51-45(38-17-9-5-10-18-38)32-33-46(52(51)56)39-19-11-6-12-20-39/h2-36H,53H2,1H3/b3-2-,48-21-. The SMILES string of the molecule is C/C=C\C=C(/N)c1ccc(N(c2ccc(-c3ccccn3)cc2)n2c3ccc(-c4ccccc4)cc3c3c(-c4ccccc4)ccc(-c4ccccc4)c32)cc1. The monoisotopic (exact) mass is 720 g/mol. The summed E-state index contributed by atoms with van der Waals surface area (Å²) >= 11 is 0. The second-order valence-corrected chi connectivity index (χ2v) is 13.8. The molecule has 268 valence electrons. The zero-order valence-electron chi connectivity index (χ0n) is 31.1. The molecular formula is C52H40N4. The Labute approximate surface area is 327 Å². The number of allylic oxidation sites excluding steroid dienone is 3. The Morgan fingerprint density at radius 3 is 1.75 bits per heavy atom. The fourth-order valence-electron chi connectivity index (χ4n) is 7.63. The molecule has 56 heavy (non-hydrogen) atoms. The van der Waals surface area contributed by atoms with Crippen LogP contribution >= 0.6 is 0 Å². The van der Waals surface area contributed by atoms with Crippen molar-refractivity contribution in [2.75, 3.05) is 5.01 Å². The van der Waals surface area contributed by atoms with Crippen LogP contribution in [0.15, 0.2) is 212 Å². The molecule has 0 aliphatic carbocycles. The summed E-state index contributed by atoms with van der Waals surface area (Å²) in [4.78, 5) is 4.64. The molecule has 0 aliphatic heterocycles. The van der Waals surface area contributed by atoms with Gasteiger partial charge in [-0.05, 0) is 94.9 Å². The number of nitrogens with zero attached hydrogens (tertiary/aromatic N) is 3. The van der Waals surface area contributed by atoms with Gasteiger partial charge in [-0.15, -0.1) is 0 Å². The first-order valence-electron chi connectivity index (χ1n) is 19.0. The van der Waals surface area contributed by atoms with E-state index < -0.39 is 0 Å². The average molecular weight is 721 g/mol. The fraction of sp³-hybridized carbons (Fsp3) is 0.0192. The number of anilines is 2. The van der Waals surface area contributed by atoms with Gasteiger partial charge in [0.2, 0.25) is 0 Å². The highest BCUT2D eigenvalue weighted by Crippen LogP contribution is 2.45. The Morgan fingerprint density at radius 1 is 0.554 bits per heavy atom. The van der Waals surface area contributed by atoms with Crippen LogP contribution < -0.4 is 10.7 Å². The molecule has 9 aromatic rings. The smallest absolute Gasteiger partial charge is 0.0800 e. The molecule has 2 N–H and O–H groups in total. The van der Waals surface area contributed by atoms with Crippen LogP contribution in [-0.2, 0) is 0 Å². The molecule has 2 aromatic heterocycles. The highest BCUT2D eigenvalue weighted by atomic mass is 15.6. The number of fused-ring (bicyclic) bond motifs is 3. The van der Waals surface area contributed by atoms with Crippen LogP contribution in [0, 0.1) is 0 Å². The van der Waals surface area contributed by atoms with Crippen molar-refractivity contribution >= 4 is 38.9 Å². The van der Waals surface area contributed by atoms with Gasteiger partial charge < -0.3 is 5.73 Å². The molecule has 0 fully saturated rings. The third-order valence-corrected chi connectivity index (χ3v) is 10.3. The summed E-state index contributed by atoms with van der Waals surface area (Å²) in [5.74, 6) is 0. The third-order valence-electron chi connectivity index (χ3n) is 10.3. The van der Waals surface area contributed by atoms with Crippen LogP contribution in [0.4, 0.5) is 11.4 Å². The van der Waals surface area contributed by atoms with Gasteiger partial charge in [-0.25, -0.2) is 9.69 Å². The number of aromatic nitrogens is 2. The topological polar surface area (TPSA) is 47.1 Å². The van der Waals surface area contributed by atoms with Gasteiger partial charge in [-0.3, -0.25) is 4.98 Å². The predicted molar refractivity (Wildman–Crippen MR) is 236 cm³/mol. The molecule has 0 spiro atoms. The van der Waals surface area contributed by atoms with Gasteiger partial charge in [0, 0.05) is 33.8 Å². The Bertz CT molecular complexity index is 2820. The first-order chi connectivity index (χ1) is 27.7. The Morgan fingerprint density at radius 2 is 1.12 bits per heavy atom. The van der Waals surface area contributed by atoms with E-state index in [1.54, 1.807) is 0 Å². The second kappa shape index (κ2) is 15.1. The normalized spacial score (nSPS) is 11.8. The lowest BCUT2D eigenvalue weighted by Crippen LogP contribution is -2.24. The van der Waals surface area contributed by atoms with Gasteiger partial charge in [0.15, 0.2) is 0 Å². The number of pyridine rings is 1. The van der Waals surface area contributed by atoms with Gasteiger partial charge >= 0.3 is 0 Å².